The van der Waals surface area contributed by atoms with E-state index < -0.39 is 23.4 Å². The number of esters is 1. The number of nitro groups is 1. The SMILES string of the molecule is CNc1ccc(C(=O)OCC(=O)NC[C@@H]2COc3ccccc3O2)cc1[N+](=O)[O-]. The van der Waals surface area contributed by atoms with Crippen molar-refractivity contribution in [1.82, 2.24) is 5.32 Å². The Kier molecular flexibility index (Phi) is 6.12. The molecule has 1 aliphatic rings. The van der Waals surface area contributed by atoms with Crippen molar-refractivity contribution in [1.29, 1.82) is 0 Å². The summed E-state index contributed by atoms with van der Waals surface area (Å²) < 4.78 is 16.2. The Morgan fingerprint density at radius 3 is 2.72 bits per heavy atom. The number of carbonyl (C=O) groups excluding carboxylic acids is 2. The van der Waals surface area contributed by atoms with Crippen LogP contribution in [0.3, 0.4) is 0 Å². The molecule has 0 aliphatic carbocycles. The second-order valence-electron chi connectivity index (χ2n) is 6.12. The van der Waals surface area contributed by atoms with E-state index in [1.54, 1.807) is 12.1 Å². The summed E-state index contributed by atoms with van der Waals surface area (Å²) in [5.41, 5.74) is -0.0224. The number of carbonyl (C=O) groups is 2. The van der Waals surface area contributed by atoms with Gasteiger partial charge in [-0.05, 0) is 24.3 Å². The van der Waals surface area contributed by atoms with Crippen molar-refractivity contribution in [3.63, 3.8) is 0 Å². The number of fused-ring (bicyclic) bond motifs is 1. The van der Waals surface area contributed by atoms with E-state index in [1.165, 1.54) is 19.2 Å². The summed E-state index contributed by atoms with van der Waals surface area (Å²) in [5, 5.41) is 16.3. The van der Waals surface area contributed by atoms with Crippen LogP contribution in [0.5, 0.6) is 11.5 Å². The summed E-state index contributed by atoms with van der Waals surface area (Å²) >= 11 is 0. The lowest BCUT2D eigenvalue weighted by molar-refractivity contribution is -0.384. The first-order valence-electron chi connectivity index (χ1n) is 8.76. The molecule has 1 amide bonds. The van der Waals surface area contributed by atoms with Crippen LogP contribution < -0.4 is 20.1 Å². The molecule has 0 bridgehead atoms. The quantitative estimate of drug-likeness (QED) is 0.408. The van der Waals surface area contributed by atoms with Crippen LogP contribution in [0.15, 0.2) is 42.5 Å². The minimum absolute atomic E-state index is 0.0240. The van der Waals surface area contributed by atoms with Gasteiger partial charge in [0.1, 0.15) is 18.4 Å². The number of amides is 1. The van der Waals surface area contributed by atoms with Crippen LogP contribution in [0.25, 0.3) is 0 Å². The van der Waals surface area contributed by atoms with Crippen LogP contribution in [-0.4, -0.2) is 49.7 Å². The predicted octanol–water partition coefficient (Wildman–Crippen LogP) is 1.75. The maximum Gasteiger partial charge on any atom is 0.338 e. The average Bonchev–Trinajstić information content (AvgIpc) is 2.75. The molecular weight excluding hydrogens is 382 g/mol. The average molecular weight is 401 g/mol. The molecule has 29 heavy (non-hydrogen) atoms. The fourth-order valence-electron chi connectivity index (χ4n) is 2.68. The van der Waals surface area contributed by atoms with Crippen molar-refractivity contribution in [3.8, 4) is 11.5 Å². The molecule has 1 heterocycles. The van der Waals surface area contributed by atoms with Gasteiger partial charge in [0.2, 0.25) is 0 Å². The van der Waals surface area contributed by atoms with E-state index in [-0.39, 0.29) is 36.2 Å². The van der Waals surface area contributed by atoms with Gasteiger partial charge in [0.05, 0.1) is 17.0 Å². The molecule has 0 unspecified atom stereocenters. The summed E-state index contributed by atoms with van der Waals surface area (Å²) in [4.78, 5) is 34.5. The number of benzene rings is 2. The van der Waals surface area contributed by atoms with E-state index in [9.17, 15) is 19.7 Å². The minimum atomic E-state index is -0.836. The Morgan fingerprint density at radius 2 is 2.00 bits per heavy atom. The van der Waals surface area contributed by atoms with Gasteiger partial charge in [-0.1, -0.05) is 12.1 Å². The highest BCUT2D eigenvalue weighted by atomic mass is 16.6. The van der Waals surface area contributed by atoms with E-state index in [2.05, 4.69) is 10.6 Å². The number of hydrogen-bond donors (Lipinski definition) is 2. The Balaban J connectivity index is 1.48. The summed E-state index contributed by atoms with van der Waals surface area (Å²) in [5.74, 6) is -0.127. The van der Waals surface area contributed by atoms with Gasteiger partial charge in [0, 0.05) is 13.1 Å². The van der Waals surface area contributed by atoms with E-state index in [0.29, 0.717) is 11.5 Å². The molecule has 152 valence electrons. The maximum atomic E-state index is 12.1. The minimum Gasteiger partial charge on any atom is -0.486 e. The predicted molar refractivity (Wildman–Crippen MR) is 102 cm³/mol. The van der Waals surface area contributed by atoms with Crippen LogP contribution in [-0.2, 0) is 9.53 Å². The molecule has 1 atom stereocenters. The highest BCUT2D eigenvalue weighted by molar-refractivity contribution is 5.93. The summed E-state index contributed by atoms with van der Waals surface area (Å²) in [7, 11) is 1.53. The fourth-order valence-corrected chi connectivity index (χ4v) is 2.68. The van der Waals surface area contributed by atoms with Crippen molar-refractivity contribution < 1.29 is 28.7 Å². The molecule has 10 heteroatoms. The standard InChI is InChI=1S/C19H19N3O7/c1-20-14-7-6-12(8-15(14)22(25)26)19(24)28-11-18(23)21-9-13-10-27-16-4-2-3-5-17(16)29-13/h2-8,13,20H,9-11H2,1H3,(H,21,23)/t13-/m1/s1. The first kappa shape index (κ1) is 19.9. The Labute approximate surface area is 165 Å². The number of rotatable bonds is 7. The molecule has 0 saturated carbocycles. The lowest BCUT2D eigenvalue weighted by Gasteiger charge is -2.26. The smallest absolute Gasteiger partial charge is 0.338 e. The number of nitrogens with one attached hydrogen (secondary N) is 2. The Bertz CT molecular complexity index is 932. The molecule has 3 rings (SSSR count). The first-order valence-corrected chi connectivity index (χ1v) is 8.76. The molecule has 2 aromatic rings. The number of nitrogens with zero attached hydrogens (tertiary/aromatic N) is 1. The third kappa shape index (κ3) is 4.92. The molecule has 2 N–H and O–H groups in total. The van der Waals surface area contributed by atoms with Gasteiger partial charge in [-0.2, -0.15) is 0 Å². The van der Waals surface area contributed by atoms with Crippen molar-refractivity contribution >= 4 is 23.3 Å². The fraction of sp³-hybridized carbons (Fsp3) is 0.263. The zero-order valence-electron chi connectivity index (χ0n) is 15.5. The number of hydrogen-bond acceptors (Lipinski definition) is 8. The molecule has 0 fully saturated rings. The highest BCUT2D eigenvalue weighted by Crippen LogP contribution is 2.30. The molecule has 0 spiro atoms. The molecule has 1 aliphatic heterocycles. The van der Waals surface area contributed by atoms with Crippen molar-refractivity contribution in [2.24, 2.45) is 0 Å². The number of anilines is 1. The molecule has 10 nitrogen and oxygen atoms in total. The van der Waals surface area contributed by atoms with Crippen molar-refractivity contribution in [2.75, 3.05) is 32.1 Å². The van der Waals surface area contributed by atoms with Crippen LogP contribution in [0.2, 0.25) is 0 Å². The second kappa shape index (κ2) is 8.91. The van der Waals surface area contributed by atoms with Gasteiger partial charge in [-0.25, -0.2) is 4.79 Å². The van der Waals surface area contributed by atoms with Gasteiger partial charge >= 0.3 is 5.97 Å². The Morgan fingerprint density at radius 1 is 1.24 bits per heavy atom. The topological polar surface area (TPSA) is 129 Å². The van der Waals surface area contributed by atoms with Crippen LogP contribution >= 0.6 is 0 Å². The zero-order valence-corrected chi connectivity index (χ0v) is 15.5. The van der Waals surface area contributed by atoms with Gasteiger partial charge in [-0.3, -0.25) is 14.9 Å². The van der Waals surface area contributed by atoms with E-state index in [0.717, 1.165) is 6.07 Å². The van der Waals surface area contributed by atoms with E-state index >= 15 is 0 Å². The summed E-state index contributed by atoms with van der Waals surface area (Å²) in [6, 6.07) is 11.1. The van der Waals surface area contributed by atoms with E-state index in [4.69, 9.17) is 14.2 Å². The summed E-state index contributed by atoms with van der Waals surface area (Å²) in [6.45, 7) is -0.0732. The van der Waals surface area contributed by atoms with Gasteiger partial charge in [-0.15, -0.1) is 0 Å². The molecule has 2 aromatic carbocycles. The van der Waals surface area contributed by atoms with Crippen molar-refractivity contribution in [3.05, 3.63) is 58.1 Å². The van der Waals surface area contributed by atoms with Crippen molar-refractivity contribution in [2.45, 2.75) is 6.10 Å². The number of ether oxygens (including phenoxy) is 3. The van der Waals surface area contributed by atoms with Crippen LogP contribution in [0.1, 0.15) is 10.4 Å². The first-order chi connectivity index (χ1) is 14.0. The maximum absolute atomic E-state index is 12.1. The van der Waals surface area contributed by atoms with Crippen LogP contribution in [0, 0.1) is 10.1 Å². The lowest BCUT2D eigenvalue weighted by atomic mass is 10.1. The number of nitro benzene ring substituents is 1. The molecule has 0 saturated heterocycles. The lowest BCUT2D eigenvalue weighted by Crippen LogP contribution is -2.42. The zero-order chi connectivity index (χ0) is 20.8. The van der Waals surface area contributed by atoms with Gasteiger partial charge in [0.15, 0.2) is 18.1 Å². The monoisotopic (exact) mass is 401 g/mol. The molecule has 0 aromatic heterocycles. The largest absolute Gasteiger partial charge is 0.486 e. The Hall–Kier alpha value is -3.82. The molecule has 0 radical (unpaired) electrons. The van der Waals surface area contributed by atoms with E-state index in [1.807, 2.05) is 12.1 Å². The van der Waals surface area contributed by atoms with Gasteiger partial charge in [0.25, 0.3) is 11.6 Å². The second-order valence-corrected chi connectivity index (χ2v) is 6.12. The highest BCUT2D eigenvalue weighted by Gasteiger charge is 2.22. The number of para-hydroxylation sites is 2. The third-order valence-electron chi connectivity index (χ3n) is 4.13. The third-order valence-corrected chi connectivity index (χ3v) is 4.13. The van der Waals surface area contributed by atoms with Crippen LogP contribution in [0.4, 0.5) is 11.4 Å². The summed E-state index contributed by atoms with van der Waals surface area (Å²) in [6.07, 6.45) is -0.374. The van der Waals surface area contributed by atoms with Gasteiger partial charge < -0.3 is 24.8 Å². The molecular formula is C19H19N3O7. The normalized spacial score (nSPS) is 14.6.